The third kappa shape index (κ3) is 2.92. The van der Waals surface area contributed by atoms with E-state index < -0.39 is 0 Å². The second kappa shape index (κ2) is 6.99. The molecule has 5 rings (SSSR count). The van der Waals surface area contributed by atoms with Crippen LogP contribution in [0.15, 0.2) is 60.7 Å². The fraction of sp³-hybridized carbons (Fsp3) is 0.167. The standard InChI is InChI=1S/C24H20FN3O2/c1-14-5-2-3-6-17(14)22-21-18(23(29)27-22)7-4-8-19(21)26-24(30)28-12-11-15-9-10-16(25)13-20(15)28/h2-10,13,22H,11-12H2,1H3,(H,26,30)(H,27,29). The predicted molar refractivity (Wildman–Crippen MR) is 113 cm³/mol. The molecule has 0 radical (unpaired) electrons. The molecule has 0 saturated heterocycles. The lowest BCUT2D eigenvalue weighted by atomic mass is 9.94. The molecule has 2 N–H and O–H groups in total. The normalized spacial score (nSPS) is 16.8. The lowest BCUT2D eigenvalue weighted by Crippen LogP contribution is -2.34. The van der Waals surface area contributed by atoms with Crippen LogP contribution >= 0.6 is 0 Å². The molecule has 1 atom stereocenters. The Bertz CT molecular complexity index is 1190. The van der Waals surface area contributed by atoms with Crippen molar-refractivity contribution in [2.24, 2.45) is 0 Å². The number of rotatable bonds is 2. The van der Waals surface area contributed by atoms with Crippen molar-refractivity contribution in [1.82, 2.24) is 5.32 Å². The highest BCUT2D eigenvalue weighted by Crippen LogP contribution is 2.38. The van der Waals surface area contributed by atoms with Gasteiger partial charge in [-0.05, 0) is 54.3 Å². The number of nitrogens with zero attached hydrogens (tertiary/aromatic N) is 1. The Morgan fingerprint density at radius 2 is 1.97 bits per heavy atom. The van der Waals surface area contributed by atoms with E-state index in [0.29, 0.717) is 29.9 Å². The zero-order chi connectivity index (χ0) is 20.8. The zero-order valence-corrected chi connectivity index (χ0v) is 16.4. The first-order chi connectivity index (χ1) is 14.5. The number of halogens is 1. The average Bonchev–Trinajstić information content (AvgIpc) is 3.30. The maximum absolute atomic E-state index is 13.7. The largest absolute Gasteiger partial charge is 0.341 e. The van der Waals surface area contributed by atoms with Gasteiger partial charge in [-0.25, -0.2) is 9.18 Å². The Labute approximate surface area is 173 Å². The minimum absolute atomic E-state index is 0.164. The number of benzene rings is 3. The third-order valence-corrected chi connectivity index (χ3v) is 5.84. The van der Waals surface area contributed by atoms with E-state index in [1.807, 2.05) is 31.2 Å². The summed E-state index contributed by atoms with van der Waals surface area (Å²) in [6.45, 7) is 2.48. The smallest absolute Gasteiger partial charge is 0.326 e. The second-order valence-corrected chi connectivity index (χ2v) is 7.63. The van der Waals surface area contributed by atoms with Crippen molar-refractivity contribution in [3.05, 3.63) is 94.3 Å². The van der Waals surface area contributed by atoms with Crippen LogP contribution in [0.4, 0.5) is 20.6 Å². The Balaban J connectivity index is 1.51. The Kier molecular flexibility index (Phi) is 4.28. The van der Waals surface area contributed by atoms with E-state index in [1.54, 1.807) is 29.2 Å². The van der Waals surface area contributed by atoms with Gasteiger partial charge < -0.3 is 10.6 Å². The van der Waals surface area contributed by atoms with Crippen molar-refractivity contribution in [3.8, 4) is 0 Å². The number of carbonyl (C=O) groups excluding carboxylic acids is 2. The highest BCUT2D eigenvalue weighted by atomic mass is 19.1. The minimum atomic E-state index is -0.372. The van der Waals surface area contributed by atoms with Crippen molar-refractivity contribution in [2.45, 2.75) is 19.4 Å². The van der Waals surface area contributed by atoms with Crippen molar-refractivity contribution in [2.75, 3.05) is 16.8 Å². The second-order valence-electron chi connectivity index (χ2n) is 7.63. The Hall–Kier alpha value is -3.67. The number of hydrogen-bond donors (Lipinski definition) is 2. The summed E-state index contributed by atoms with van der Waals surface area (Å²) < 4.78 is 13.7. The molecule has 6 heteroatoms. The summed E-state index contributed by atoms with van der Waals surface area (Å²) in [5, 5.41) is 5.99. The van der Waals surface area contributed by atoms with Crippen molar-refractivity contribution in [3.63, 3.8) is 0 Å². The molecule has 0 spiro atoms. The van der Waals surface area contributed by atoms with E-state index in [-0.39, 0.29) is 23.8 Å². The zero-order valence-electron chi connectivity index (χ0n) is 16.4. The first kappa shape index (κ1) is 18.4. The van der Waals surface area contributed by atoms with Crippen LogP contribution in [-0.4, -0.2) is 18.5 Å². The number of hydrogen-bond acceptors (Lipinski definition) is 2. The van der Waals surface area contributed by atoms with Gasteiger partial charge in [0.15, 0.2) is 0 Å². The molecule has 0 bridgehead atoms. The number of carbonyl (C=O) groups is 2. The summed E-state index contributed by atoms with van der Waals surface area (Å²) in [6, 6.07) is 17.0. The number of urea groups is 1. The molecular formula is C24H20FN3O2. The van der Waals surface area contributed by atoms with Crippen LogP contribution in [0.25, 0.3) is 0 Å². The first-order valence-electron chi connectivity index (χ1n) is 9.89. The van der Waals surface area contributed by atoms with Gasteiger partial charge in [0.05, 0.1) is 11.7 Å². The molecule has 1 unspecified atom stereocenters. The van der Waals surface area contributed by atoms with Crippen molar-refractivity contribution in [1.29, 1.82) is 0 Å². The van der Waals surface area contributed by atoms with Crippen LogP contribution in [-0.2, 0) is 6.42 Å². The number of amides is 3. The maximum Gasteiger partial charge on any atom is 0.326 e. The molecule has 0 aliphatic carbocycles. The van der Waals surface area contributed by atoms with Crippen LogP contribution in [0.5, 0.6) is 0 Å². The predicted octanol–water partition coefficient (Wildman–Crippen LogP) is 4.56. The summed E-state index contributed by atoms with van der Waals surface area (Å²) in [5.74, 6) is -0.536. The van der Waals surface area contributed by atoms with E-state index in [4.69, 9.17) is 0 Å². The highest BCUT2D eigenvalue weighted by molar-refractivity contribution is 6.07. The van der Waals surface area contributed by atoms with Gasteiger partial charge in [-0.1, -0.05) is 36.4 Å². The molecule has 150 valence electrons. The summed E-state index contributed by atoms with van der Waals surface area (Å²) in [7, 11) is 0. The van der Waals surface area contributed by atoms with Crippen molar-refractivity contribution < 1.29 is 14.0 Å². The number of anilines is 2. The molecule has 2 heterocycles. The van der Waals surface area contributed by atoms with Gasteiger partial charge in [0.2, 0.25) is 0 Å². The first-order valence-corrected chi connectivity index (χ1v) is 9.89. The lowest BCUT2D eigenvalue weighted by molar-refractivity contribution is 0.0960. The van der Waals surface area contributed by atoms with Crippen LogP contribution < -0.4 is 15.5 Å². The van der Waals surface area contributed by atoms with Gasteiger partial charge in [0.25, 0.3) is 5.91 Å². The molecule has 2 aliphatic heterocycles. The fourth-order valence-electron chi connectivity index (χ4n) is 4.35. The molecule has 0 saturated carbocycles. The van der Waals surface area contributed by atoms with Gasteiger partial charge in [-0.2, -0.15) is 0 Å². The summed E-state index contributed by atoms with van der Waals surface area (Å²) in [5.41, 5.74) is 5.46. The third-order valence-electron chi connectivity index (χ3n) is 5.84. The van der Waals surface area contributed by atoms with E-state index >= 15 is 0 Å². The fourth-order valence-corrected chi connectivity index (χ4v) is 4.35. The molecule has 3 aromatic rings. The van der Waals surface area contributed by atoms with Crippen molar-refractivity contribution >= 4 is 23.3 Å². The molecule has 3 amide bonds. The van der Waals surface area contributed by atoms with Gasteiger partial charge in [0.1, 0.15) is 5.82 Å². The van der Waals surface area contributed by atoms with E-state index in [0.717, 1.165) is 22.3 Å². The SMILES string of the molecule is Cc1ccccc1C1NC(=O)c2cccc(NC(=O)N3CCc4ccc(F)cc43)c21. The van der Waals surface area contributed by atoms with Gasteiger partial charge in [0, 0.05) is 23.4 Å². The quantitative estimate of drug-likeness (QED) is 0.661. The lowest BCUT2D eigenvalue weighted by Gasteiger charge is -2.21. The number of fused-ring (bicyclic) bond motifs is 2. The minimum Gasteiger partial charge on any atom is -0.341 e. The van der Waals surface area contributed by atoms with Gasteiger partial charge >= 0.3 is 6.03 Å². The molecule has 30 heavy (non-hydrogen) atoms. The molecule has 3 aromatic carbocycles. The summed E-state index contributed by atoms with van der Waals surface area (Å²) in [4.78, 5) is 27.2. The average molecular weight is 401 g/mol. The van der Waals surface area contributed by atoms with Gasteiger partial charge in [-0.15, -0.1) is 0 Å². The van der Waals surface area contributed by atoms with E-state index in [1.165, 1.54) is 12.1 Å². The monoisotopic (exact) mass is 401 g/mol. The van der Waals surface area contributed by atoms with Crippen LogP contribution in [0.1, 0.15) is 38.7 Å². The molecule has 0 fully saturated rings. The summed E-state index contributed by atoms with van der Waals surface area (Å²) in [6.07, 6.45) is 0.682. The van der Waals surface area contributed by atoms with E-state index in [9.17, 15) is 14.0 Å². The number of nitrogens with one attached hydrogen (secondary N) is 2. The summed E-state index contributed by atoms with van der Waals surface area (Å²) >= 11 is 0. The van der Waals surface area contributed by atoms with E-state index in [2.05, 4.69) is 10.6 Å². The molecule has 5 nitrogen and oxygen atoms in total. The van der Waals surface area contributed by atoms with Crippen LogP contribution in [0, 0.1) is 12.7 Å². The Morgan fingerprint density at radius 1 is 1.13 bits per heavy atom. The van der Waals surface area contributed by atoms with Crippen LogP contribution in [0.3, 0.4) is 0 Å². The van der Waals surface area contributed by atoms with Gasteiger partial charge in [-0.3, -0.25) is 9.69 Å². The maximum atomic E-state index is 13.7. The topological polar surface area (TPSA) is 61.4 Å². The van der Waals surface area contributed by atoms with Crippen LogP contribution in [0.2, 0.25) is 0 Å². The molecule has 2 aliphatic rings. The highest BCUT2D eigenvalue weighted by Gasteiger charge is 2.34. The molecule has 0 aromatic heterocycles. The Morgan fingerprint density at radius 3 is 2.80 bits per heavy atom. The molecular weight excluding hydrogens is 381 g/mol. The number of aryl methyl sites for hydroxylation is 1.